The minimum Gasteiger partial charge on any atom is -0.394 e. The second-order valence-electron chi connectivity index (χ2n) is 5.81. The first kappa shape index (κ1) is 16.4. The largest absolute Gasteiger partial charge is 0.394 e. The summed E-state index contributed by atoms with van der Waals surface area (Å²) < 4.78 is 11.0. The molecule has 0 radical (unpaired) electrons. The van der Waals surface area contributed by atoms with Crippen molar-refractivity contribution in [2.24, 2.45) is 5.73 Å². The van der Waals surface area contributed by atoms with Gasteiger partial charge < -0.3 is 25.6 Å². The SMILES string of the molecule is CC1(C)OCC(CO)(NC(=O)c2ccc(C(N)=O)cc2)CO1. The minimum atomic E-state index is -0.991. The number of aliphatic hydroxyl groups is 1. The van der Waals surface area contributed by atoms with E-state index in [-0.39, 0.29) is 19.8 Å². The van der Waals surface area contributed by atoms with E-state index in [1.807, 2.05) is 0 Å². The second-order valence-corrected chi connectivity index (χ2v) is 5.81. The molecule has 0 unspecified atom stereocenters. The zero-order chi connectivity index (χ0) is 16.4. The molecule has 1 aliphatic heterocycles. The van der Waals surface area contributed by atoms with E-state index in [4.69, 9.17) is 15.2 Å². The van der Waals surface area contributed by atoms with Crippen LogP contribution in [-0.2, 0) is 9.47 Å². The lowest BCUT2D eigenvalue weighted by Crippen LogP contribution is -2.63. The lowest BCUT2D eigenvalue weighted by atomic mass is 10.0. The van der Waals surface area contributed by atoms with Crippen molar-refractivity contribution in [1.82, 2.24) is 5.32 Å². The molecule has 0 bridgehead atoms. The minimum absolute atomic E-state index is 0.140. The summed E-state index contributed by atoms with van der Waals surface area (Å²) in [4.78, 5) is 23.3. The molecule has 0 aliphatic carbocycles. The molecule has 2 amide bonds. The standard InChI is InChI=1S/C15H20N2O5/c1-14(2)21-8-15(7-18,9-22-14)17-13(20)11-5-3-10(4-6-11)12(16)19/h3-6,18H,7-9H2,1-2H3,(H2,16,19)(H,17,20). The van der Waals surface area contributed by atoms with Crippen LogP contribution < -0.4 is 11.1 Å². The first-order valence-electron chi connectivity index (χ1n) is 6.88. The van der Waals surface area contributed by atoms with Crippen molar-refractivity contribution in [3.8, 4) is 0 Å². The molecule has 1 fully saturated rings. The number of hydrogen-bond donors (Lipinski definition) is 3. The number of carbonyl (C=O) groups is 2. The van der Waals surface area contributed by atoms with Crippen LogP contribution in [0.5, 0.6) is 0 Å². The van der Waals surface area contributed by atoms with Gasteiger partial charge in [0.15, 0.2) is 5.79 Å². The van der Waals surface area contributed by atoms with Crippen LogP contribution in [0.4, 0.5) is 0 Å². The van der Waals surface area contributed by atoms with Crippen molar-refractivity contribution >= 4 is 11.8 Å². The second kappa shape index (κ2) is 6.04. The zero-order valence-electron chi connectivity index (χ0n) is 12.6. The molecule has 2 rings (SSSR count). The van der Waals surface area contributed by atoms with E-state index in [0.29, 0.717) is 11.1 Å². The van der Waals surface area contributed by atoms with Crippen LogP contribution in [0.1, 0.15) is 34.6 Å². The van der Waals surface area contributed by atoms with Crippen LogP contribution in [0.25, 0.3) is 0 Å². The van der Waals surface area contributed by atoms with Gasteiger partial charge in [-0.05, 0) is 38.1 Å². The molecule has 0 aromatic heterocycles. The number of ether oxygens (including phenoxy) is 2. The number of aliphatic hydroxyl groups excluding tert-OH is 1. The molecule has 120 valence electrons. The summed E-state index contributed by atoms with van der Waals surface area (Å²) in [5.74, 6) is -1.70. The lowest BCUT2D eigenvalue weighted by molar-refractivity contribution is -0.273. The van der Waals surface area contributed by atoms with Gasteiger partial charge in [-0.25, -0.2) is 0 Å². The highest BCUT2D eigenvalue weighted by molar-refractivity contribution is 5.97. The Kier molecular flexibility index (Phi) is 4.50. The van der Waals surface area contributed by atoms with Crippen molar-refractivity contribution in [1.29, 1.82) is 0 Å². The number of nitrogens with one attached hydrogen (secondary N) is 1. The van der Waals surface area contributed by atoms with Gasteiger partial charge in [-0.15, -0.1) is 0 Å². The fourth-order valence-electron chi connectivity index (χ4n) is 2.01. The van der Waals surface area contributed by atoms with Gasteiger partial charge in [-0.1, -0.05) is 0 Å². The normalized spacial score (nSPS) is 19.4. The van der Waals surface area contributed by atoms with Crippen LogP contribution in [0.15, 0.2) is 24.3 Å². The Bertz CT molecular complexity index is 558. The first-order valence-corrected chi connectivity index (χ1v) is 6.88. The average Bonchev–Trinajstić information content (AvgIpc) is 2.50. The van der Waals surface area contributed by atoms with E-state index in [1.54, 1.807) is 13.8 Å². The Morgan fingerprint density at radius 2 is 1.68 bits per heavy atom. The van der Waals surface area contributed by atoms with Crippen LogP contribution in [0.2, 0.25) is 0 Å². The van der Waals surface area contributed by atoms with Crippen molar-refractivity contribution in [2.75, 3.05) is 19.8 Å². The van der Waals surface area contributed by atoms with E-state index in [2.05, 4.69) is 5.32 Å². The fourth-order valence-corrected chi connectivity index (χ4v) is 2.01. The van der Waals surface area contributed by atoms with Gasteiger partial charge in [0, 0.05) is 11.1 Å². The van der Waals surface area contributed by atoms with E-state index in [9.17, 15) is 14.7 Å². The third kappa shape index (κ3) is 3.62. The monoisotopic (exact) mass is 308 g/mol. The zero-order valence-corrected chi connectivity index (χ0v) is 12.6. The predicted molar refractivity (Wildman–Crippen MR) is 78.2 cm³/mol. The van der Waals surface area contributed by atoms with Crippen LogP contribution in [-0.4, -0.2) is 48.1 Å². The van der Waals surface area contributed by atoms with Gasteiger partial charge in [0.05, 0.1) is 19.8 Å². The Morgan fingerprint density at radius 3 is 2.14 bits per heavy atom. The molecule has 1 aromatic carbocycles. The summed E-state index contributed by atoms with van der Waals surface area (Å²) >= 11 is 0. The Hall–Kier alpha value is -1.96. The third-order valence-electron chi connectivity index (χ3n) is 3.51. The molecule has 22 heavy (non-hydrogen) atoms. The van der Waals surface area contributed by atoms with Crippen molar-refractivity contribution in [2.45, 2.75) is 25.2 Å². The molecule has 1 aliphatic rings. The number of primary amides is 1. The number of amides is 2. The summed E-state index contributed by atoms with van der Waals surface area (Å²) in [6, 6.07) is 5.93. The van der Waals surface area contributed by atoms with Crippen molar-refractivity contribution < 1.29 is 24.2 Å². The maximum Gasteiger partial charge on any atom is 0.251 e. The Labute approximate surface area is 128 Å². The summed E-state index contributed by atoms with van der Waals surface area (Å²) in [5.41, 5.74) is 4.83. The van der Waals surface area contributed by atoms with Gasteiger partial charge in [-0.2, -0.15) is 0 Å². The van der Waals surface area contributed by atoms with Crippen molar-refractivity contribution in [3.05, 3.63) is 35.4 Å². The number of benzene rings is 1. The molecule has 4 N–H and O–H groups in total. The summed E-state index contributed by atoms with van der Waals surface area (Å²) in [6.07, 6.45) is 0. The van der Waals surface area contributed by atoms with Crippen LogP contribution in [0.3, 0.4) is 0 Å². The Morgan fingerprint density at radius 1 is 1.18 bits per heavy atom. The average molecular weight is 308 g/mol. The summed E-state index contributed by atoms with van der Waals surface area (Å²) in [5, 5.41) is 12.3. The van der Waals surface area contributed by atoms with Gasteiger partial charge in [0.25, 0.3) is 5.91 Å². The molecule has 0 spiro atoms. The molecular weight excluding hydrogens is 288 g/mol. The maximum absolute atomic E-state index is 12.3. The molecule has 7 nitrogen and oxygen atoms in total. The van der Waals surface area contributed by atoms with Gasteiger partial charge in [-0.3, -0.25) is 9.59 Å². The molecular formula is C15H20N2O5. The fraction of sp³-hybridized carbons (Fsp3) is 0.467. The number of rotatable bonds is 4. The van der Waals surface area contributed by atoms with E-state index < -0.39 is 23.1 Å². The van der Waals surface area contributed by atoms with Gasteiger partial charge >= 0.3 is 0 Å². The quantitative estimate of drug-likeness (QED) is 0.726. The number of nitrogens with two attached hydrogens (primary N) is 1. The van der Waals surface area contributed by atoms with Gasteiger partial charge in [0.2, 0.25) is 5.91 Å². The highest BCUT2D eigenvalue weighted by atomic mass is 16.7. The highest BCUT2D eigenvalue weighted by Gasteiger charge is 2.41. The highest BCUT2D eigenvalue weighted by Crippen LogP contribution is 2.23. The third-order valence-corrected chi connectivity index (χ3v) is 3.51. The molecule has 1 saturated heterocycles. The summed E-state index contributed by atoms with van der Waals surface area (Å²) in [7, 11) is 0. The number of hydrogen-bond acceptors (Lipinski definition) is 5. The smallest absolute Gasteiger partial charge is 0.251 e. The number of carbonyl (C=O) groups excluding carboxylic acids is 2. The molecule has 7 heteroatoms. The molecule has 1 heterocycles. The Balaban J connectivity index is 2.08. The van der Waals surface area contributed by atoms with Gasteiger partial charge in [0.1, 0.15) is 5.54 Å². The van der Waals surface area contributed by atoms with E-state index >= 15 is 0 Å². The maximum atomic E-state index is 12.3. The topological polar surface area (TPSA) is 111 Å². The van der Waals surface area contributed by atoms with E-state index in [0.717, 1.165) is 0 Å². The van der Waals surface area contributed by atoms with Crippen LogP contribution >= 0.6 is 0 Å². The summed E-state index contributed by atoms with van der Waals surface area (Å²) in [6.45, 7) is 3.49. The molecule has 0 saturated carbocycles. The molecule has 1 aromatic rings. The van der Waals surface area contributed by atoms with Crippen LogP contribution in [0, 0.1) is 0 Å². The first-order chi connectivity index (χ1) is 10.3. The van der Waals surface area contributed by atoms with Crippen molar-refractivity contribution in [3.63, 3.8) is 0 Å². The van der Waals surface area contributed by atoms with E-state index in [1.165, 1.54) is 24.3 Å². The lowest BCUT2D eigenvalue weighted by Gasteiger charge is -2.42. The predicted octanol–water partition coefficient (Wildman–Crippen LogP) is 0.0293. The molecule has 0 atom stereocenters.